The summed E-state index contributed by atoms with van der Waals surface area (Å²) in [5.41, 5.74) is -0.603. The highest BCUT2D eigenvalue weighted by Crippen LogP contribution is 2.31. The van der Waals surface area contributed by atoms with E-state index in [2.05, 4.69) is 12.2 Å². The van der Waals surface area contributed by atoms with E-state index in [1.807, 2.05) is 0 Å². The van der Waals surface area contributed by atoms with Crippen molar-refractivity contribution in [2.24, 2.45) is 5.92 Å². The van der Waals surface area contributed by atoms with E-state index in [1.54, 1.807) is 7.11 Å². The number of methoxy groups -OCH3 is 1. The predicted octanol–water partition coefficient (Wildman–Crippen LogP) is 0.541. The summed E-state index contributed by atoms with van der Waals surface area (Å²) in [6, 6.07) is 0. The van der Waals surface area contributed by atoms with Crippen molar-refractivity contribution in [2.45, 2.75) is 44.3 Å². The van der Waals surface area contributed by atoms with Crippen molar-refractivity contribution in [1.82, 2.24) is 5.32 Å². The van der Waals surface area contributed by atoms with E-state index in [9.17, 15) is 10.2 Å². The molecule has 3 N–H and O–H groups in total. The second-order valence-corrected chi connectivity index (χ2v) is 5.78. The number of hydrogen-bond donors (Lipinski definition) is 3. The Kier molecular flexibility index (Phi) is 7.87. The van der Waals surface area contributed by atoms with Crippen LogP contribution in [0, 0.1) is 5.92 Å². The summed E-state index contributed by atoms with van der Waals surface area (Å²) in [7, 11) is 1.62. The second-order valence-electron chi connectivity index (χ2n) is 5.78. The van der Waals surface area contributed by atoms with Gasteiger partial charge in [0.1, 0.15) is 0 Å². The summed E-state index contributed by atoms with van der Waals surface area (Å²) < 4.78 is 10.1. The molecule has 3 unspecified atom stereocenters. The molecule has 1 aliphatic carbocycles. The zero-order chi connectivity index (χ0) is 14.1. The third-order valence-corrected chi connectivity index (χ3v) is 3.64. The van der Waals surface area contributed by atoms with E-state index in [0.717, 1.165) is 19.3 Å². The molecule has 1 aliphatic rings. The van der Waals surface area contributed by atoms with E-state index >= 15 is 0 Å². The zero-order valence-corrected chi connectivity index (χ0v) is 12.2. The van der Waals surface area contributed by atoms with Crippen LogP contribution in [0.3, 0.4) is 0 Å². The predicted molar refractivity (Wildman–Crippen MR) is 74.2 cm³/mol. The summed E-state index contributed by atoms with van der Waals surface area (Å²) in [4.78, 5) is 0. The second kappa shape index (κ2) is 8.87. The molecule has 1 rings (SSSR count). The van der Waals surface area contributed by atoms with Gasteiger partial charge >= 0.3 is 0 Å². The van der Waals surface area contributed by atoms with Crippen LogP contribution in [0.5, 0.6) is 0 Å². The molecule has 3 atom stereocenters. The lowest BCUT2D eigenvalue weighted by atomic mass is 9.79. The van der Waals surface area contributed by atoms with Gasteiger partial charge in [-0.25, -0.2) is 0 Å². The largest absolute Gasteiger partial charge is 0.389 e. The minimum atomic E-state index is -0.603. The quantitative estimate of drug-likeness (QED) is 0.536. The molecule has 0 aromatic carbocycles. The lowest BCUT2D eigenvalue weighted by molar-refractivity contribution is -0.0184. The highest BCUT2D eigenvalue weighted by molar-refractivity contribution is 4.87. The van der Waals surface area contributed by atoms with Gasteiger partial charge in [0.2, 0.25) is 0 Å². The average Bonchev–Trinajstić information content (AvgIpc) is 2.34. The van der Waals surface area contributed by atoms with Crippen LogP contribution < -0.4 is 5.32 Å². The summed E-state index contributed by atoms with van der Waals surface area (Å²) in [5.74, 6) is 0.586. The van der Waals surface area contributed by atoms with Crippen molar-refractivity contribution >= 4 is 0 Å². The summed E-state index contributed by atoms with van der Waals surface area (Å²) >= 11 is 0. The van der Waals surface area contributed by atoms with Crippen LogP contribution in [0.4, 0.5) is 0 Å². The number of aliphatic hydroxyl groups excluding tert-OH is 1. The monoisotopic (exact) mass is 275 g/mol. The Morgan fingerprint density at radius 3 is 2.89 bits per heavy atom. The first-order valence-corrected chi connectivity index (χ1v) is 7.23. The number of aliphatic hydroxyl groups is 2. The molecular weight excluding hydrogens is 246 g/mol. The first kappa shape index (κ1) is 16.9. The number of ether oxygens (including phenoxy) is 2. The molecule has 1 saturated carbocycles. The molecule has 0 aliphatic heterocycles. The van der Waals surface area contributed by atoms with E-state index in [4.69, 9.17) is 9.47 Å². The summed E-state index contributed by atoms with van der Waals surface area (Å²) in [5, 5.41) is 23.3. The molecule has 5 heteroatoms. The molecule has 114 valence electrons. The zero-order valence-electron chi connectivity index (χ0n) is 12.2. The van der Waals surface area contributed by atoms with Crippen LogP contribution in [0.25, 0.3) is 0 Å². The highest BCUT2D eigenvalue weighted by Gasteiger charge is 2.32. The van der Waals surface area contributed by atoms with Gasteiger partial charge in [-0.2, -0.15) is 0 Å². The topological polar surface area (TPSA) is 71.0 Å². The summed E-state index contributed by atoms with van der Waals surface area (Å²) in [6.45, 7) is 4.51. The van der Waals surface area contributed by atoms with Gasteiger partial charge in [0.15, 0.2) is 0 Å². The van der Waals surface area contributed by atoms with Gasteiger partial charge < -0.3 is 25.0 Å². The van der Waals surface area contributed by atoms with E-state index in [1.165, 1.54) is 6.42 Å². The maximum atomic E-state index is 10.4. The van der Waals surface area contributed by atoms with Crippen molar-refractivity contribution in [3.63, 3.8) is 0 Å². The fourth-order valence-electron chi connectivity index (χ4n) is 2.68. The third kappa shape index (κ3) is 7.22. The maximum absolute atomic E-state index is 10.4. The van der Waals surface area contributed by atoms with Crippen LogP contribution in [-0.2, 0) is 9.47 Å². The lowest BCUT2D eigenvalue weighted by Gasteiger charge is -2.36. The Labute approximate surface area is 116 Å². The van der Waals surface area contributed by atoms with E-state index in [0.29, 0.717) is 38.8 Å². The Hall–Kier alpha value is -0.200. The minimum absolute atomic E-state index is 0.297. The average molecular weight is 275 g/mol. The highest BCUT2D eigenvalue weighted by atomic mass is 16.5. The molecule has 19 heavy (non-hydrogen) atoms. The Morgan fingerprint density at radius 1 is 1.42 bits per heavy atom. The van der Waals surface area contributed by atoms with Crippen LogP contribution in [0.1, 0.15) is 32.6 Å². The van der Waals surface area contributed by atoms with Crippen molar-refractivity contribution in [3.05, 3.63) is 0 Å². The maximum Gasteiger partial charge on any atom is 0.0897 e. The van der Waals surface area contributed by atoms with Gasteiger partial charge in [0.25, 0.3) is 0 Å². The lowest BCUT2D eigenvalue weighted by Crippen LogP contribution is -2.46. The first-order valence-electron chi connectivity index (χ1n) is 7.23. The van der Waals surface area contributed by atoms with Gasteiger partial charge in [-0.05, 0) is 18.8 Å². The molecule has 0 bridgehead atoms. The van der Waals surface area contributed by atoms with Gasteiger partial charge in [0.05, 0.1) is 31.5 Å². The molecule has 5 nitrogen and oxygen atoms in total. The molecular formula is C14H29NO4. The Bertz CT molecular complexity index is 239. The van der Waals surface area contributed by atoms with E-state index in [-0.39, 0.29) is 0 Å². The van der Waals surface area contributed by atoms with Crippen molar-refractivity contribution < 1.29 is 19.7 Å². The van der Waals surface area contributed by atoms with E-state index < -0.39 is 11.7 Å². The molecule has 0 spiro atoms. The molecule has 0 saturated heterocycles. The normalized spacial score (nSPS) is 29.4. The van der Waals surface area contributed by atoms with Crippen molar-refractivity contribution in [2.75, 3.05) is 40.0 Å². The van der Waals surface area contributed by atoms with Gasteiger partial charge in [-0.1, -0.05) is 19.8 Å². The summed E-state index contributed by atoms with van der Waals surface area (Å²) in [6.07, 6.45) is 3.45. The Balaban J connectivity index is 2.08. The molecule has 0 aromatic rings. The van der Waals surface area contributed by atoms with Crippen LogP contribution in [0.15, 0.2) is 0 Å². The number of nitrogens with one attached hydrogen (secondary N) is 1. The molecule has 0 amide bonds. The first-order chi connectivity index (χ1) is 9.06. The van der Waals surface area contributed by atoms with Crippen LogP contribution in [-0.4, -0.2) is 61.9 Å². The van der Waals surface area contributed by atoms with Crippen LogP contribution in [0.2, 0.25) is 0 Å². The minimum Gasteiger partial charge on any atom is -0.389 e. The number of rotatable bonds is 9. The fraction of sp³-hybridized carbons (Fsp3) is 1.00. The smallest absolute Gasteiger partial charge is 0.0897 e. The Morgan fingerprint density at radius 2 is 2.21 bits per heavy atom. The number of hydrogen-bond acceptors (Lipinski definition) is 5. The van der Waals surface area contributed by atoms with Gasteiger partial charge in [-0.3, -0.25) is 0 Å². The SMILES string of the molecule is COCCOCC(O)CNCC1(O)CCCC(C)C1. The standard InChI is InChI=1S/C14H29NO4/c1-12-4-3-5-14(17,8-12)11-15-9-13(16)10-19-7-6-18-2/h12-13,15-17H,3-11H2,1-2H3. The van der Waals surface area contributed by atoms with Crippen LogP contribution >= 0.6 is 0 Å². The third-order valence-electron chi connectivity index (χ3n) is 3.64. The molecule has 0 heterocycles. The molecule has 0 radical (unpaired) electrons. The van der Waals surface area contributed by atoms with Gasteiger partial charge in [0, 0.05) is 20.2 Å². The fourth-order valence-corrected chi connectivity index (χ4v) is 2.68. The van der Waals surface area contributed by atoms with Crippen molar-refractivity contribution in [1.29, 1.82) is 0 Å². The van der Waals surface area contributed by atoms with Crippen molar-refractivity contribution in [3.8, 4) is 0 Å². The van der Waals surface area contributed by atoms with Gasteiger partial charge in [-0.15, -0.1) is 0 Å². The molecule has 1 fully saturated rings. The molecule has 0 aromatic heterocycles.